The molecule has 3 N–H and O–H groups in total. The van der Waals surface area contributed by atoms with Crippen LogP contribution in [0.4, 0.5) is 5.69 Å². The first-order chi connectivity index (χ1) is 17.5. The highest BCUT2D eigenvalue weighted by Gasteiger charge is 2.27. The molecule has 2 heterocycles. The van der Waals surface area contributed by atoms with Crippen molar-refractivity contribution in [1.29, 1.82) is 0 Å². The number of amides is 1. The van der Waals surface area contributed by atoms with Crippen LogP contribution in [0, 0.1) is 12.3 Å². The molecule has 0 aliphatic carbocycles. The fourth-order valence-electron chi connectivity index (χ4n) is 4.11. The van der Waals surface area contributed by atoms with E-state index in [-0.39, 0.29) is 29.7 Å². The maximum absolute atomic E-state index is 13.2. The van der Waals surface area contributed by atoms with Crippen molar-refractivity contribution in [3.8, 4) is 5.75 Å². The van der Waals surface area contributed by atoms with Crippen molar-refractivity contribution in [2.75, 3.05) is 25.6 Å². The molecule has 1 amide bonds. The lowest BCUT2D eigenvalue weighted by atomic mass is 9.88. The number of aliphatic hydroxyl groups excluding tert-OH is 1. The minimum Gasteiger partial charge on any atom is -0.493 e. The highest BCUT2D eigenvalue weighted by molar-refractivity contribution is 6.30. The van der Waals surface area contributed by atoms with E-state index in [0.717, 1.165) is 0 Å². The monoisotopic (exact) mass is 533 g/mol. The summed E-state index contributed by atoms with van der Waals surface area (Å²) in [4.78, 5) is 30.5. The van der Waals surface area contributed by atoms with Gasteiger partial charge in [-0.1, -0.05) is 25.4 Å². The van der Waals surface area contributed by atoms with Crippen molar-refractivity contribution >= 4 is 35.2 Å². The molecule has 0 bridgehead atoms. The van der Waals surface area contributed by atoms with Crippen LogP contribution in [0.2, 0.25) is 5.02 Å². The number of rotatable bonds is 11. The first kappa shape index (κ1) is 28.6. The first-order valence-electron chi connectivity index (χ1n) is 12.2. The second-order valence-corrected chi connectivity index (χ2v) is 10.2. The summed E-state index contributed by atoms with van der Waals surface area (Å²) < 4.78 is 14.0. The number of halogens is 1. The molecule has 0 saturated heterocycles. The smallest absolute Gasteiger partial charge is 0.296 e. The number of aromatic nitrogens is 2. The molecule has 0 fully saturated rings. The van der Waals surface area contributed by atoms with E-state index in [1.165, 1.54) is 4.68 Å². The Hall–Kier alpha value is -2.92. The van der Waals surface area contributed by atoms with Crippen molar-refractivity contribution in [2.45, 2.75) is 52.9 Å². The average Bonchev–Trinajstić information content (AvgIpc) is 3.06. The summed E-state index contributed by atoms with van der Waals surface area (Å²) in [6, 6.07) is 5.06. The molecule has 1 aromatic heterocycles. The highest BCUT2D eigenvalue weighted by Crippen LogP contribution is 2.29. The van der Waals surface area contributed by atoms with E-state index in [9.17, 15) is 14.7 Å². The number of nitrogens with one attached hydrogen (secondary N) is 2. The Morgan fingerprint density at radius 1 is 1.38 bits per heavy atom. The predicted octanol–water partition coefficient (Wildman–Crippen LogP) is 3.47. The summed E-state index contributed by atoms with van der Waals surface area (Å²) in [5.74, 6) is 0.667. The molecule has 1 aliphatic rings. The fourth-order valence-corrected chi connectivity index (χ4v) is 4.29. The molecule has 202 valence electrons. The van der Waals surface area contributed by atoms with Gasteiger partial charge in [-0.05, 0) is 43.5 Å². The van der Waals surface area contributed by atoms with Gasteiger partial charge in [0.15, 0.2) is 5.82 Å². The number of methoxy groups -OCH3 is 1. The molecule has 2 atom stereocenters. The van der Waals surface area contributed by atoms with E-state index in [2.05, 4.69) is 15.6 Å². The standard InChI is InChI=1S/C26H36ClN5O5/c1-7-37-20-9-8-17(27)12-19(20)24(34)29-15-26(3,4)14-22(33)30-23-16(2)31(5)32(25(23)35)21-13-18(36-6)10-11-28-21/h8-9,11-13,18,24,29,34H,7,10,14-15H2,1-6H3,(H,30,33). The van der Waals surface area contributed by atoms with Gasteiger partial charge < -0.3 is 19.9 Å². The van der Waals surface area contributed by atoms with E-state index < -0.39 is 11.6 Å². The number of nitrogens with zero attached hydrogens (tertiary/aromatic N) is 3. The summed E-state index contributed by atoms with van der Waals surface area (Å²) in [7, 11) is 3.34. The van der Waals surface area contributed by atoms with Crippen LogP contribution in [0.25, 0.3) is 5.82 Å². The molecule has 2 aromatic rings. The molecule has 3 rings (SSSR count). The topological polar surface area (TPSA) is 119 Å². The Balaban J connectivity index is 1.69. The Morgan fingerprint density at radius 3 is 2.78 bits per heavy atom. The summed E-state index contributed by atoms with van der Waals surface area (Å²) in [6.45, 7) is 8.19. The van der Waals surface area contributed by atoms with Gasteiger partial charge in [0.2, 0.25) is 5.91 Å². The zero-order valence-electron chi connectivity index (χ0n) is 22.2. The van der Waals surface area contributed by atoms with Crippen molar-refractivity contribution in [3.63, 3.8) is 0 Å². The van der Waals surface area contributed by atoms with Gasteiger partial charge in [0.25, 0.3) is 5.56 Å². The second kappa shape index (κ2) is 12.1. The lowest BCUT2D eigenvalue weighted by Gasteiger charge is -2.27. The van der Waals surface area contributed by atoms with Gasteiger partial charge in [-0.25, -0.2) is 4.99 Å². The quantitative estimate of drug-likeness (QED) is 0.380. The van der Waals surface area contributed by atoms with Gasteiger partial charge in [-0.15, -0.1) is 0 Å². The number of ether oxygens (including phenoxy) is 2. The average molecular weight is 534 g/mol. The zero-order valence-corrected chi connectivity index (χ0v) is 22.9. The largest absolute Gasteiger partial charge is 0.493 e. The number of carbonyl (C=O) groups excluding carboxylic acids is 1. The van der Waals surface area contributed by atoms with Gasteiger partial charge in [0.1, 0.15) is 17.7 Å². The van der Waals surface area contributed by atoms with Gasteiger partial charge in [-0.3, -0.25) is 19.6 Å². The van der Waals surface area contributed by atoms with Gasteiger partial charge in [0.05, 0.1) is 18.4 Å². The molecule has 0 radical (unpaired) electrons. The van der Waals surface area contributed by atoms with Gasteiger partial charge >= 0.3 is 0 Å². The van der Waals surface area contributed by atoms with Crippen molar-refractivity contribution in [2.24, 2.45) is 17.5 Å². The van der Waals surface area contributed by atoms with Gasteiger partial charge in [-0.2, -0.15) is 4.68 Å². The van der Waals surface area contributed by atoms with Crippen molar-refractivity contribution < 1.29 is 19.4 Å². The molecule has 1 aliphatic heterocycles. The van der Waals surface area contributed by atoms with Crippen LogP contribution < -0.4 is 20.9 Å². The third-order valence-corrected chi connectivity index (χ3v) is 6.45. The SMILES string of the molecule is CCOc1ccc(Cl)cc1C(O)NCC(C)(C)CC(=O)Nc1c(C)n(C)n(C2=CC(OC)CC=N2)c1=O. The van der Waals surface area contributed by atoms with E-state index >= 15 is 0 Å². The number of benzene rings is 1. The van der Waals surface area contributed by atoms with Crippen molar-refractivity contribution in [3.05, 3.63) is 50.9 Å². The number of anilines is 1. The van der Waals surface area contributed by atoms with E-state index in [1.807, 2.05) is 20.8 Å². The first-order valence-corrected chi connectivity index (χ1v) is 12.5. The summed E-state index contributed by atoms with van der Waals surface area (Å²) >= 11 is 6.11. The van der Waals surface area contributed by atoms with E-state index in [1.54, 1.807) is 56.3 Å². The van der Waals surface area contributed by atoms with Crippen LogP contribution in [0.15, 0.2) is 34.1 Å². The van der Waals surface area contributed by atoms with Crippen LogP contribution in [-0.2, 0) is 16.6 Å². The third kappa shape index (κ3) is 6.89. The lowest BCUT2D eigenvalue weighted by molar-refractivity contribution is -0.118. The minimum atomic E-state index is -1.04. The Kier molecular flexibility index (Phi) is 9.36. The van der Waals surface area contributed by atoms with Crippen LogP contribution in [0.1, 0.15) is 51.1 Å². The Bertz CT molecular complexity index is 1250. The molecular weight excluding hydrogens is 498 g/mol. The number of aliphatic imine (C=N–C) groups is 1. The van der Waals surface area contributed by atoms with Crippen molar-refractivity contribution in [1.82, 2.24) is 14.7 Å². The molecule has 37 heavy (non-hydrogen) atoms. The van der Waals surface area contributed by atoms with Crippen LogP contribution >= 0.6 is 11.6 Å². The summed E-state index contributed by atoms with van der Waals surface area (Å²) in [5.41, 5.74) is 0.408. The molecule has 11 heteroatoms. The predicted molar refractivity (Wildman–Crippen MR) is 145 cm³/mol. The maximum Gasteiger partial charge on any atom is 0.296 e. The molecule has 1 aromatic carbocycles. The zero-order chi connectivity index (χ0) is 27.3. The van der Waals surface area contributed by atoms with Crippen LogP contribution in [0.5, 0.6) is 5.75 Å². The highest BCUT2D eigenvalue weighted by atomic mass is 35.5. The van der Waals surface area contributed by atoms with E-state index in [4.69, 9.17) is 21.1 Å². The molecule has 0 saturated carbocycles. The van der Waals surface area contributed by atoms with Crippen LogP contribution in [-0.4, -0.2) is 53.0 Å². The lowest BCUT2D eigenvalue weighted by Crippen LogP contribution is -2.35. The maximum atomic E-state index is 13.2. The number of carbonyl (C=O) groups is 1. The number of hydrogen-bond acceptors (Lipinski definition) is 7. The molecule has 10 nitrogen and oxygen atoms in total. The van der Waals surface area contributed by atoms with Gasteiger partial charge in [0, 0.05) is 50.3 Å². The third-order valence-electron chi connectivity index (χ3n) is 6.21. The number of aliphatic hydroxyl groups is 1. The Morgan fingerprint density at radius 2 is 2.11 bits per heavy atom. The summed E-state index contributed by atoms with van der Waals surface area (Å²) in [6.07, 6.45) is 3.02. The Labute approximate surface area is 221 Å². The normalized spacial score (nSPS) is 16.4. The molecular formula is C26H36ClN5O5. The van der Waals surface area contributed by atoms with Crippen LogP contribution in [0.3, 0.4) is 0 Å². The summed E-state index contributed by atoms with van der Waals surface area (Å²) in [5, 5.41) is 17.0. The van der Waals surface area contributed by atoms with E-state index in [0.29, 0.717) is 47.4 Å². The molecule has 0 spiro atoms. The fraction of sp³-hybridized carbons (Fsp3) is 0.500. The molecule has 2 unspecified atom stereocenters. The minimum absolute atomic E-state index is 0.112. The number of hydrogen-bond donors (Lipinski definition) is 3. The second-order valence-electron chi connectivity index (χ2n) is 9.74.